The fourth-order valence-corrected chi connectivity index (χ4v) is 4.00. The van der Waals surface area contributed by atoms with E-state index in [2.05, 4.69) is 13.8 Å². The SMILES string of the molecule is Cc1ccc(C(N)=S)cc1S(=O)(=O)N(C)C(C)CC(C)C. The molecule has 0 heterocycles. The van der Waals surface area contributed by atoms with Gasteiger partial charge in [-0.05, 0) is 37.8 Å². The highest BCUT2D eigenvalue weighted by Crippen LogP contribution is 2.23. The predicted octanol–water partition coefficient (Wildman–Crippen LogP) is 2.68. The molecule has 0 aliphatic carbocycles. The lowest BCUT2D eigenvalue weighted by Crippen LogP contribution is -2.36. The molecule has 1 atom stereocenters. The van der Waals surface area contributed by atoms with Gasteiger partial charge in [0.05, 0.1) is 4.90 Å². The Morgan fingerprint density at radius 2 is 1.90 bits per heavy atom. The molecule has 0 bridgehead atoms. The van der Waals surface area contributed by atoms with Crippen molar-refractivity contribution in [1.29, 1.82) is 0 Å². The Morgan fingerprint density at radius 3 is 2.38 bits per heavy atom. The molecule has 118 valence electrons. The summed E-state index contributed by atoms with van der Waals surface area (Å²) < 4.78 is 27.0. The van der Waals surface area contributed by atoms with Gasteiger partial charge >= 0.3 is 0 Å². The molecule has 0 aliphatic heterocycles. The van der Waals surface area contributed by atoms with Crippen LogP contribution in [0.2, 0.25) is 0 Å². The number of sulfonamides is 1. The first-order valence-electron chi connectivity index (χ1n) is 6.95. The molecular weight excluding hydrogens is 304 g/mol. The molecule has 1 unspecified atom stereocenters. The second-order valence-electron chi connectivity index (χ2n) is 5.84. The molecule has 4 nitrogen and oxygen atoms in total. The lowest BCUT2D eigenvalue weighted by molar-refractivity contribution is 0.337. The van der Waals surface area contributed by atoms with Crippen molar-refractivity contribution >= 4 is 27.2 Å². The molecule has 2 N–H and O–H groups in total. The summed E-state index contributed by atoms with van der Waals surface area (Å²) in [6, 6.07) is 4.98. The maximum absolute atomic E-state index is 12.8. The monoisotopic (exact) mass is 328 g/mol. The van der Waals surface area contributed by atoms with Crippen LogP contribution in [0.25, 0.3) is 0 Å². The quantitative estimate of drug-likeness (QED) is 0.816. The number of rotatable bonds is 6. The summed E-state index contributed by atoms with van der Waals surface area (Å²) in [5.41, 5.74) is 6.86. The number of benzene rings is 1. The number of thiocarbonyl (C=S) groups is 1. The highest BCUT2D eigenvalue weighted by Gasteiger charge is 2.27. The fourth-order valence-electron chi connectivity index (χ4n) is 2.25. The van der Waals surface area contributed by atoms with Crippen LogP contribution >= 0.6 is 12.2 Å². The highest BCUT2D eigenvalue weighted by molar-refractivity contribution is 7.89. The van der Waals surface area contributed by atoms with Gasteiger partial charge in [-0.1, -0.05) is 38.2 Å². The molecule has 0 amide bonds. The molecule has 0 aromatic heterocycles. The Balaban J connectivity index is 3.24. The number of hydrogen-bond donors (Lipinski definition) is 1. The third kappa shape index (κ3) is 4.25. The van der Waals surface area contributed by atoms with Crippen LogP contribution in [0.4, 0.5) is 0 Å². The van der Waals surface area contributed by atoms with Crippen molar-refractivity contribution in [2.24, 2.45) is 11.7 Å². The zero-order valence-electron chi connectivity index (χ0n) is 13.3. The molecule has 0 saturated heterocycles. The predicted molar refractivity (Wildman–Crippen MR) is 90.9 cm³/mol. The van der Waals surface area contributed by atoms with Crippen LogP contribution in [0.3, 0.4) is 0 Å². The average molecular weight is 329 g/mol. The van der Waals surface area contributed by atoms with E-state index in [9.17, 15) is 8.42 Å². The van der Waals surface area contributed by atoms with Gasteiger partial charge < -0.3 is 5.73 Å². The topological polar surface area (TPSA) is 63.4 Å². The molecule has 0 aliphatic rings. The van der Waals surface area contributed by atoms with Crippen molar-refractivity contribution in [3.05, 3.63) is 29.3 Å². The minimum Gasteiger partial charge on any atom is -0.389 e. The van der Waals surface area contributed by atoms with Crippen molar-refractivity contribution in [3.8, 4) is 0 Å². The van der Waals surface area contributed by atoms with Crippen molar-refractivity contribution in [1.82, 2.24) is 4.31 Å². The van der Waals surface area contributed by atoms with Crippen LogP contribution < -0.4 is 5.73 Å². The summed E-state index contributed by atoms with van der Waals surface area (Å²) in [6.07, 6.45) is 0.809. The first-order chi connectivity index (χ1) is 9.57. The van der Waals surface area contributed by atoms with Crippen molar-refractivity contribution < 1.29 is 8.42 Å². The van der Waals surface area contributed by atoms with Crippen molar-refractivity contribution in [2.45, 2.75) is 45.1 Å². The van der Waals surface area contributed by atoms with E-state index in [1.165, 1.54) is 4.31 Å². The Labute approximate surface area is 133 Å². The Hall–Kier alpha value is -0.980. The van der Waals surface area contributed by atoms with Gasteiger partial charge in [0, 0.05) is 18.7 Å². The second-order valence-corrected chi connectivity index (χ2v) is 8.25. The summed E-state index contributed by atoms with van der Waals surface area (Å²) in [6.45, 7) is 7.85. The zero-order chi connectivity index (χ0) is 16.4. The van der Waals surface area contributed by atoms with E-state index < -0.39 is 10.0 Å². The lowest BCUT2D eigenvalue weighted by Gasteiger charge is -2.26. The molecular formula is C15H24N2O2S2. The van der Waals surface area contributed by atoms with Gasteiger partial charge in [-0.25, -0.2) is 8.42 Å². The third-order valence-electron chi connectivity index (χ3n) is 3.56. The van der Waals surface area contributed by atoms with Gasteiger partial charge in [0.1, 0.15) is 4.99 Å². The van der Waals surface area contributed by atoms with E-state index in [0.717, 1.165) is 6.42 Å². The van der Waals surface area contributed by atoms with E-state index in [1.54, 1.807) is 32.2 Å². The third-order valence-corrected chi connectivity index (χ3v) is 5.91. The Bertz CT molecular complexity index is 625. The summed E-state index contributed by atoms with van der Waals surface area (Å²) in [7, 11) is -1.93. The summed E-state index contributed by atoms with van der Waals surface area (Å²) in [4.78, 5) is 0.468. The number of nitrogens with two attached hydrogens (primary N) is 1. The largest absolute Gasteiger partial charge is 0.389 e. The van der Waals surface area contributed by atoms with Gasteiger partial charge in [0.25, 0.3) is 0 Å². The molecule has 0 spiro atoms. The van der Waals surface area contributed by atoms with E-state index in [-0.39, 0.29) is 15.9 Å². The maximum atomic E-state index is 12.8. The van der Waals surface area contributed by atoms with Crippen LogP contribution in [0.1, 0.15) is 38.3 Å². The first-order valence-corrected chi connectivity index (χ1v) is 8.80. The second kappa shape index (κ2) is 6.85. The molecule has 21 heavy (non-hydrogen) atoms. The fraction of sp³-hybridized carbons (Fsp3) is 0.533. The number of nitrogens with zero attached hydrogens (tertiary/aromatic N) is 1. The maximum Gasteiger partial charge on any atom is 0.243 e. The molecule has 0 radical (unpaired) electrons. The lowest BCUT2D eigenvalue weighted by atomic mass is 10.1. The van der Waals surface area contributed by atoms with Crippen LogP contribution in [-0.2, 0) is 10.0 Å². The first kappa shape index (κ1) is 18.1. The Morgan fingerprint density at radius 1 is 1.33 bits per heavy atom. The Kier molecular flexibility index (Phi) is 5.90. The molecule has 1 aromatic rings. The molecule has 0 fully saturated rings. The normalized spacial score (nSPS) is 13.7. The zero-order valence-corrected chi connectivity index (χ0v) is 14.9. The van der Waals surface area contributed by atoms with Gasteiger partial charge in [-0.15, -0.1) is 0 Å². The van der Waals surface area contributed by atoms with Gasteiger partial charge in [0.2, 0.25) is 10.0 Å². The van der Waals surface area contributed by atoms with Crippen LogP contribution in [0.5, 0.6) is 0 Å². The average Bonchev–Trinajstić information content (AvgIpc) is 2.36. The van der Waals surface area contributed by atoms with E-state index in [0.29, 0.717) is 17.0 Å². The van der Waals surface area contributed by atoms with Crippen LogP contribution in [0, 0.1) is 12.8 Å². The van der Waals surface area contributed by atoms with Crippen molar-refractivity contribution in [2.75, 3.05) is 7.05 Å². The molecule has 1 rings (SSSR count). The van der Waals surface area contributed by atoms with Crippen LogP contribution in [0.15, 0.2) is 23.1 Å². The summed E-state index contributed by atoms with van der Waals surface area (Å²) in [5, 5.41) is 0. The number of hydrogen-bond acceptors (Lipinski definition) is 3. The molecule has 1 aromatic carbocycles. The van der Waals surface area contributed by atoms with Crippen molar-refractivity contribution in [3.63, 3.8) is 0 Å². The minimum absolute atomic E-state index is 0.0668. The highest BCUT2D eigenvalue weighted by atomic mass is 32.2. The molecule has 0 saturated carbocycles. The summed E-state index contributed by atoms with van der Waals surface area (Å²) in [5.74, 6) is 0.432. The van der Waals surface area contributed by atoms with E-state index in [4.69, 9.17) is 18.0 Å². The minimum atomic E-state index is -3.55. The van der Waals surface area contributed by atoms with E-state index >= 15 is 0 Å². The van der Waals surface area contributed by atoms with Gasteiger partial charge in [-0.3, -0.25) is 0 Å². The van der Waals surface area contributed by atoms with E-state index in [1.807, 2.05) is 6.92 Å². The van der Waals surface area contributed by atoms with Gasteiger partial charge in [-0.2, -0.15) is 4.31 Å². The van der Waals surface area contributed by atoms with Gasteiger partial charge in [0.15, 0.2) is 0 Å². The smallest absolute Gasteiger partial charge is 0.243 e. The molecule has 6 heteroatoms. The summed E-state index contributed by atoms with van der Waals surface area (Å²) >= 11 is 4.93. The van der Waals surface area contributed by atoms with Crippen LogP contribution in [-0.4, -0.2) is 30.8 Å². The number of aryl methyl sites for hydroxylation is 1. The standard InChI is InChI=1S/C15H24N2O2S2/c1-10(2)8-12(4)17(5)21(18,19)14-9-13(15(16)20)7-6-11(14)3/h6-7,9-10,12H,8H2,1-5H3,(H2,16,20).